The van der Waals surface area contributed by atoms with Crippen LogP contribution in [0.1, 0.15) is 63.3 Å². The van der Waals surface area contributed by atoms with Gasteiger partial charge < -0.3 is 4.57 Å². The number of hydrogen-bond donors (Lipinski definition) is 0. The van der Waals surface area contributed by atoms with Crippen LogP contribution in [0.25, 0.3) is 0 Å². The number of halogens is 2. The molecule has 1 spiro atoms. The predicted molar refractivity (Wildman–Crippen MR) is 112 cm³/mol. The monoisotopic (exact) mass is 448 g/mol. The molecule has 2 aliphatic rings. The van der Waals surface area contributed by atoms with Gasteiger partial charge in [-0.05, 0) is 36.3 Å². The Morgan fingerprint density at radius 1 is 1.25 bits per heavy atom. The summed E-state index contributed by atoms with van der Waals surface area (Å²) in [6.45, 7) is 8.05. The van der Waals surface area contributed by atoms with Crippen LogP contribution in [-0.4, -0.2) is 32.8 Å². The molecule has 1 aliphatic carbocycles. The molecule has 1 atom stereocenters. The standard InChI is InChI=1S/C22H30BrFN4/c1-16(2)11-28-15-25-26-21(28)19-13-27(14-22(19)8-4-3-5-9-22)12-17-6-7-18(23)10-20(17)24/h6-7,10,15-16,19H,3-5,8-9,11-14H2,1-2H3. The fraction of sp³-hybridized carbons (Fsp3) is 0.636. The summed E-state index contributed by atoms with van der Waals surface area (Å²) in [5.41, 5.74) is 1.03. The highest BCUT2D eigenvalue weighted by Crippen LogP contribution is 2.52. The Balaban J connectivity index is 1.60. The summed E-state index contributed by atoms with van der Waals surface area (Å²) in [5.74, 6) is 1.95. The van der Waals surface area contributed by atoms with Gasteiger partial charge >= 0.3 is 0 Å². The summed E-state index contributed by atoms with van der Waals surface area (Å²) in [5, 5.41) is 8.84. The van der Waals surface area contributed by atoms with E-state index in [2.05, 4.69) is 49.4 Å². The van der Waals surface area contributed by atoms with Crippen LogP contribution in [0.15, 0.2) is 29.0 Å². The molecular weight excluding hydrogens is 419 g/mol. The maximum Gasteiger partial charge on any atom is 0.137 e. The normalized spacial score (nSPS) is 22.4. The first-order valence-electron chi connectivity index (χ1n) is 10.5. The molecule has 1 saturated carbocycles. The second kappa shape index (κ2) is 8.23. The molecule has 0 radical (unpaired) electrons. The summed E-state index contributed by atoms with van der Waals surface area (Å²) in [7, 11) is 0. The third-order valence-corrected chi connectivity index (χ3v) is 6.99. The molecule has 4 rings (SSSR count). The van der Waals surface area contributed by atoms with Gasteiger partial charge in [-0.25, -0.2) is 4.39 Å². The largest absolute Gasteiger partial charge is 0.317 e. The highest BCUT2D eigenvalue weighted by atomic mass is 79.9. The molecule has 2 fully saturated rings. The zero-order valence-electron chi connectivity index (χ0n) is 16.9. The van der Waals surface area contributed by atoms with Gasteiger partial charge in [-0.1, -0.05) is 55.1 Å². The van der Waals surface area contributed by atoms with Gasteiger partial charge in [0.1, 0.15) is 18.0 Å². The third kappa shape index (κ3) is 4.04. The molecule has 0 N–H and O–H groups in total. The van der Waals surface area contributed by atoms with Crippen LogP contribution in [0.3, 0.4) is 0 Å². The molecule has 0 amide bonds. The molecule has 0 bridgehead atoms. The number of likely N-dealkylation sites (tertiary alicyclic amines) is 1. The summed E-state index contributed by atoms with van der Waals surface area (Å²) >= 11 is 3.36. The van der Waals surface area contributed by atoms with Gasteiger partial charge in [0.15, 0.2) is 0 Å². The molecule has 1 saturated heterocycles. The first kappa shape index (κ1) is 20.0. The minimum Gasteiger partial charge on any atom is -0.317 e. The molecule has 152 valence electrons. The van der Waals surface area contributed by atoms with Gasteiger partial charge in [0.25, 0.3) is 0 Å². The highest BCUT2D eigenvalue weighted by molar-refractivity contribution is 9.10. The second-order valence-corrected chi connectivity index (χ2v) is 10.0. The topological polar surface area (TPSA) is 34.0 Å². The van der Waals surface area contributed by atoms with Crippen LogP contribution >= 0.6 is 15.9 Å². The van der Waals surface area contributed by atoms with Crippen LogP contribution in [0.5, 0.6) is 0 Å². The van der Waals surface area contributed by atoms with E-state index in [0.29, 0.717) is 18.4 Å². The Kier molecular flexibility index (Phi) is 5.88. The quantitative estimate of drug-likeness (QED) is 0.614. The van der Waals surface area contributed by atoms with E-state index in [4.69, 9.17) is 0 Å². The molecule has 6 heteroatoms. The second-order valence-electron chi connectivity index (χ2n) is 9.12. The number of aromatic nitrogens is 3. The average molecular weight is 449 g/mol. The SMILES string of the molecule is CC(C)Cn1cnnc1C1CN(Cc2ccc(Br)cc2F)CC12CCCCC2. The van der Waals surface area contributed by atoms with E-state index in [1.165, 1.54) is 32.1 Å². The number of rotatable bonds is 5. The van der Waals surface area contributed by atoms with Crippen LogP contribution in [0.2, 0.25) is 0 Å². The van der Waals surface area contributed by atoms with Crippen molar-refractivity contribution in [3.8, 4) is 0 Å². The zero-order chi connectivity index (χ0) is 19.7. The van der Waals surface area contributed by atoms with Crippen molar-refractivity contribution in [2.75, 3.05) is 13.1 Å². The minimum atomic E-state index is -0.126. The van der Waals surface area contributed by atoms with Crippen LogP contribution < -0.4 is 0 Å². The van der Waals surface area contributed by atoms with Crippen molar-refractivity contribution in [1.82, 2.24) is 19.7 Å². The molecule has 1 aromatic carbocycles. The first-order valence-corrected chi connectivity index (χ1v) is 11.3. The van der Waals surface area contributed by atoms with Gasteiger partial charge in [0.05, 0.1) is 0 Å². The maximum absolute atomic E-state index is 14.4. The fourth-order valence-electron chi connectivity index (χ4n) is 5.27. The lowest BCUT2D eigenvalue weighted by Gasteiger charge is -2.38. The highest BCUT2D eigenvalue weighted by Gasteiger charge is 2.49. The lowest BCUT2D eigenvalue weighted by Crippen LogP contribution is -2.33. The Hall–Kier alpha value is -1.27. The number of hydrogen-bond acceptors (Lipinski definition) is 3. The molecule has 2 aromatic rings. The Morgan fingerprint density at radius 3 is 2.75 bits per heavy atom. The van der Waals surface area contributed by atoms with Crippen LogP contribution in [0, 0.1) is 17.2 Å². The van der Waals surface area contributed by atoms with E-state index in [1.807, 2.05) is 18.5 Å². The molecule has 4 nitrogen and oxygen atoms in total. The predicted octanol–water partition coefficient (Wildman–Crippen LogP) is 5.39. The van der Waals surface area contributed by atoms with Crippen molar-refractivity contribution < 1.29 is 4.39 Å². The summed E-state index contributed by atoms with van der Waals surface area (Å²) in [6, 6.07) is 5.40. The van der Waals surface area contributed by atoms with E-state index >= 15 is 0 Å². The lowest BCUT2D eigenvalue weighted by atomic mass is 9.67. The molecule has 1 unspecified atom stereocenters. The van der Waals surface area contributed by atoms with E-state index in [9.17, 15) is 4.39 Å². The Morgan fingerprint density at radius 2 is 2.04 bits per heavy atom. The molecule has 1 aromatic heterocycles. The summed E-state index contributed by atoms with van der Waals surface area (Å²) < 4.78 is 17.5. The van der Waals surface area contributed by atoms with Gasteiger partial charge in [0.2, 0.25) is 0 Å². The van der Waals surface area contributed by atoms with E-state index in [0.717, 1.165) is 35.5 Å². The summed E-state index contributed by atoms with van der Waals surface area (Å²) in [6.07, 6.45) is 8.28. The molecular formula is C22H30BrFN4. The van der Waals surface area contributed by atoms with Crippen LogP contribution in [-0.2, 0) is 13.1 Å². The van der Waals surface area contributed by atoms with Crippen molar-refractivity contribution in [3.05, 3.63) is 46.2 Å². The maximum atomic E-state index is 14.4. The van der Waals surface area contributed by atoms with Gasteiger partial charge in [-0.15, -0.1) is 10.2 Å². The molecule has 1 aliphatic heterocycles. The number of nitrogens with zero attached hydrogens (tertiary/aromatic N) is 4. The molecule has 2 heterocycles. The van der Waals surface area contributed by atoms with Gasteiger partial charge in [-0.3, -0.25) is 4.90 Å². The Bertz CT molecular complexity index is 813. The molecule has 28 heavy (non-hydrogen) atoms. The van der Waals surface area contributed by atoms with E-state index in [1.54, 1.807) is 6.07 Å². The third-order valence-electron chi connectivity index (χ3n) is 6.50. The van der Waals surface area contributed by atoms with Crippen molar-refractivity contribution in [1.29, 1.82) is 0 Å². The van der Waals surface area contributed by atoms with Crippen molar-refractivity contribution in [3.63, 3.8) is 0 Å². The van der Waals surface area contributed by atoms with Gasteiger partial charge in [-0.2, -0.15) is 0 Å². The van der Waals surface area contributed by atoms with E-state index in [-0.39, 0.29) is 11.2 Å². The first-order chi connectivity index (χ1) is 13.5. The van der Waals surface area contributed by atoms with Crippen molar-refractivity contribution in [2.45, 2.75) is 65.0 Å². The van der Waals surface area contributed by atoms with Gasteiger partial charge in [0, 0.05) is 42.1 Å². The van der Waals surface area contributed by atoms with Crippen LogP contribution in [0.4, 0.5) is 4.39 Å². The lowest BCUT2D eigenvalue weighted by molar-refractivity contribution is 0.163. The minimum absolute atomic E-state index is 0.126. The Labute approximate surface area is 175 Å². The smallest absolute Gasteiger partial charge is 0.137 e. The van der Waals surface area contributed by atoms with Crippen molar-refractivity contribution >= 4 is 15.9 Å². The summed E-state index contributed by atoms with van der Waals surface area (Å²) in [4.78, 5) is 2.44. The van der Waals surface area contributed by atoms with E-state index < -0.39 is 0 Å². The average Bonchev–Trinajstić information content (AvgIpc) is 3.22. The fourth-order valence-corrected chi connectivity index (χ4v) is 5.60. The van der Waals surface area contributed by atoms with Crippen molar-refractivity contribution in [2.24, 2.45) is 11.3 Å². The zero-order valence-corrected chi connectivity index (χ0v) is 18.5. The number of benzene rings is 1.